The van der Waals surface area contributed by atoms with Crippen molar-refractivity contribution in [2.45, 2.75) is 65.1 Å². The van der Waals surface area contributed by atoms with Crippen LogP contribution in [0.3, 0.4) is 0 Å². The second-order valence-corrected chi connectivity index (χ2v) is 8.44. The molecule has 0 N–H and O–H groups in total. The fraction of sp³-hybridized carbons (Fsp3) is 0.455. The Hall–Kier alpha value is -2.36. The van der Waals surface area contributed by atoms with E-state index < -0.39 is 29.1 Å². The lowest BCUT2D eigenvalue weighted by Gasteiger charge is -2.26. The molecule has 26 heavy (non-hydrogen) atoms. The minimum Gasteiger partial charge on any atom is -0.460 e. The van der Waals surface area contributed by atoms with E-state index in [-0.39, 0.29) is 6.42 Å². The van der Waals surface area contributed by atoms with Crippen LogP contribution in [0.25, 0.3) is 10.8 Å². The SMILES string of the molecule is CC(C)(C)OC(=O)C[C@H](C(=O)OC(C)(C)C)c1cccc2ccccc12. The quantitative estimate of drug-likeness (QED) is 0.724. The molecule has 0 amide bonds. The van der Waals surface area contributed by atoms with Gasteiger partial charge in [0.1, 0.15) is 11.2 Å². The molecule has 0 aliphatic heterocycles. The fourth-order valence-electron chi connectivity index (χ4n) is 2.80. The zero-order chi connectivity index (χ0) is 19.5. The molecule has 4 nitrogen and oxygen atoms in total. The maximum atomic E-state index is 12.9. The van der Waals surface area contributed by atoms with Crippen LogP contribution < -0.4 is 0 Å². The van der Waals surface area contributed by atoms with Crippen LogP contribution in [0.5, 0.6) is 0 Å². The summed E-state index contributed by atoms with van der Waals surface area (Å²) in [7, 11) is 0. The molecule has 0 heterocycles. The monoisotopic (exact) mass is 356 g/mol. The maximum absolute atomic E-state index is 12.9. The smallest absolute Gasteiger partial charge is 0.314 e. The number of carbonyl (C=O) groups excluding carboxylic acids is 2. The zero-order valence-electron chi connectivity index (χ0n) is 16.5. The topological polar surface area (TPSA) is 52.6 Å². The largest absolute Gasteiger partial charge is 0.460 e. The van der Waals surface area contributed by atoms with Crippen molar-refractivity contribution in [2.24, 2.45) is 0 Å². The molecule has 2 aromatic carbocycles. The molecule has 0 fully saturated rings. The summed E-state index contributed by atoms with van der Waals surface area (Å²) in [5.41, 5.74) is -0.453. The molecule has 2 rings (SSSR count). The summed E-state index contributed by atoms with van der Waals surface area (Å²) in [6, 6.07) is 13.6. The van der Waals surface area contributed by atoms with E-state index in [1.807, 2.05) is 84.0 Å². The maximum Gasteiger partial charge on any atom is 0.314 e. The van der Waals surface area contributed by atoms with E-state index >= 15 is 0 Å². The number of hydrogen-bond donors (Lipinski definition) is 0. The molecule has 140 valence electrons. The Morgan fingerprint density at radius 2 is 1.42 bits per heavy atom. The van der Waals surface area contributed by atoms with Gasteiger partial charge in [-0.3, -0.25) is 9.59 Å². The van der Waals surface area contributed by atoms with Gasteiger partial charge in [0, 0.05) is 0 Å². The second kappa shape index (κ2) is 7.48. The van der Waals surface area contributed by atoms with Gasteiger partial charge in [-0.1, -0.05) is 42.5 Å². The van der Waals surface area contributed by atoms with Gasteiger partial charge >= 0.3 is 11.9 Å². The first-order valence-corrected chi connectivity index (χ1v) is 8.89. The molecule has 0 radical (unpaired) electrons. The highest BCUT2D eigenvalue weighted by Gasteiger charge is 2.31. The van der Waals surface area contributed by atoms with Gasteiger partial charge in [-0.15, -0.1) is 0 Å². The third-order valence-corrected chi connectivity index (χ3v) is 3.68. The molecule has 0 aromatic heterocycles. The third kappa shape index (κ3) is 5.58. The predicted molar refractivity (Wildman–Crippen MR) is 103 cm³/mol. The van der Waals surface area contributed by atoms with Gasteiger partial charge in [-0.25, -0.2) is 0 Å². The number of hydrogen-bond acceptors (Lipinski definition) is 4. The lowest BCUT2D eigenvalue weighted by atomic mass is 9.90. The number of esters is 2. The Balaban J connectivity index is 2.42. The Morgan fingerprint density at radius 1 is 0.846 bits per heavy atom. The Morgan fingerprint density at radius 3 is 2.04 bits per heavy atom. The molecule has 2 aromatic rings. The molecule has 0 aliphatic carbocycles. The summed E-state index contributed by atoms with van der Waals surface area (Å²) in [4.78, 5) is 25.3. The molecule has 4 heteroatoms. The molecule has 0 bridgehead atoms. The third-order valence-electron chi connectivity index (χ3n) is 3.68. The summed E-state index contributed by atoms with van der Waals surface area (Å²) in [5.74, 6) is -1.55. The highest BCUT2D eigenvalue weighted by molar-refractivity contribution is 5.93. The summed E-state index contributed by atoms with van der Waals surface area (Å²) in [6.45, 7) is 10.9. The van der Waals surface area contributed by atoms with E-state index in [0.29, 0.717) is 0 Å². The number of ether oxygens (including phenoxy) is 2. The zero-order valence-corrected chi connectivity index (χ0v) is 16.5. The van der Waals surface area contributed by atoms with Crippen molar-refractivity contribution >= 4 is 22.7 Å². The van der Waals surface area contributed by atoms with Crippen molar-refractivity contribution in [1.29, 1.82) is 0 Å². The van der Waals surface area contributed by atoms with Crippen molar-refractivity contribution in [1.82, 2.24) is 0 Å². The fourth-order valence-corrected chi connectivity index (χ4v) is 2.80. The van der Waals surface area contributed by atoms with Crippen LogP contribution in [-0.2, 0) is 19.1 Å². The molecule has 0 unspecified atom stereocenters. The number of benzene rings is 2. The Kier molecular flexibility index (Phi) is 5.74. The van der Waals surface area contributed by atoms with Gasteiger partial charge in [-0.05, 0) is 57.9 Å². The molecule has 0 saturated heterocycles. The summed E-state index contributed by atoms with van der Waals surface area (Å²) >= 11 is 0. The summed E-state index contributed by atoms with van der Waals surface area (Å²) in [5, 5.41) is 1.96. The summed E-state index contributed by atoms with van der Waals surface area (Å²) in [6.07, 6.45) is -0.0554. The highest BCUT2D eigenvalue weighted by atomic mass is 16.6. The van der Waals surface area contributed by atoms with E-state index in [0.717, 1.165) is 16.3 Å². The van der Waals surface area contributed by atoms with E-state index in [1.165, 1.54) is 0 Å². The molecular weight excluding hydrogens is 328 g/mol. The molecule has 0 spiro atoms. The van der Waals surface area contributed by atoms with E-state index in [2.05, 4.69) is 0 Å². The van der Waals surface area contributed by atoms with Crippen molar-refractivity contribution in [3.63, 3.8) is 0 Å². The highest BCUT2D eigenvalue weighted by Crippen LogP contribution is 2.31. The molecule has 0 aliphatic rings. The van der Waals surface area contributed by atoms with Crippen LogP contribution in [-0.4, -0.2) is 23.1 Å². The van der Waals surface area contributed by atoms with E-state index in [9.17, 15) is 9.59 Å². The van der Waals surface area contributed by atoms with Crippen LogP contribution in [0.1, 0.15) is 59.4 Å². The lowest BCUT2D eigenvalue weighted by molar-refractivity contribution is -0.164. The number of fused-ring (bicyclic) bond motifs is 1. The minimum atomic E-state index is -0.713. The van der Waals surface area contributed by atoms with Crippen LogP contribution in [0.4, 0.5) is 0 Å². The van der Waals surface area contributed by atoms with Crippen molar-refractivity contribution < 1.29 is 19.1 Å². The van der Waals surface area contributed by atoms with Gasteiger partial charge in [0.25, 0.3) is 0 Å². The molecule has 1 atom stereocenters. The minimum absolute atomic E-state index is 0.0554. The van der Waals surface area contributed by atoms with Gasteiger partial charge in [0.2, 0.25) is 0 Å². The molecule has 0 saturated carbocycles. The van der Waals surface area contributed by atoms with Crippen LogP contribution >= 0.6 is 0 Å². The average Bonchev–Trinajstić information content (AvgIpc) is 2.48. The average molecular weight is 356 g/mol. The first-order valence-electron chi connectivity index (χ1n) is 8.89. The predicted octanol–water partition coefficient (Wildman–Crippen LogP) is 5.00. The standard InChI is InChI=1S/C22H28O4/c1-21(2,3)25-19(23)14-18(20(24)26-22(4,5)6)17-13-9-11-15-10-7-8-12-16(15)17/h7-13,18H,14H2,1-6H3/t18-/m0/s1. The number of carbonyl (C=O) groups is 2. The van der Waals surface area contributed by atoms with Gasteiger partial charge in [0.05, 0.1) is 12.3 Å². The Labute approximate surface area is 155 Å². The van der Waals surface area contributed by atoms with Gasteiger partial charge in [-0.2, -0.15) is 0 Å². The van der Waals surface area contributed by atoms with Gasteiger partial charge < -0.3 is 9.47 Å². The van der Waals surface area contributed by atoms with E-state index in [1.54, 1.807) is 0 Å². The van der Waals surface area contributed by atoms with Crippen LogP contribution in [0.2, 0.25) is 0 Å². The van der Waals surface area contributed by atoms with Crippen LogP contribution in [0.15, 0.2) is 42.5 Å². The van der Waals surface area contributed by atoms with Crippen molar-refractivity contribution in [3.8, 4) is 0 Å². The number of rotatable bonds is 4. The lowest BCUT2D eigenvalue weighted by Crippen LogP contribution is -2.31. The van der Waals surface area contributed by atoms with Crippen molar-refractivity contribution in [3.05, 3.63) is 48.0 Å². The second-order valence-electron chi connectivity index (χ2n) is 8.44. The molecular formula is C22H28O4. The first-order chi connectivity index (χ1) is 12.0. The Bertz CT molecular complexity index is 788. The van der Waals surface area contributed by atoms with Gasteiger partial charge in [0.15, 0.2) is 0 Å². The van der Waals surface area contributed by atoms with E-state index in [4.69, 9.17) is 9.47 Å². The summed E-state index contributed by atoms with van der Waals surface area (Å²) < 4.78 is 11.0. The van der Waals surface area contributed by atoms with Crippen molar-refractivity contribution in [2.75, 3.05) is 0 Å². The normalized spacial score (nSPS) is 13.3. The van der Waals surface area contributed by atoms with Crippen LogP contribution in [0, 0.1) is 0 Å². The first kappa shape index (κ1) is 20.0.